The number of nitrogens with zero attached hydrogens (tertiary/aromatic N) is 3. The zero-order chi connectivity index (χ0) is 23.0. The Kier molecular flexibility index (Phi) is 9.62. The molecule has 0 bridgehead atoms. The van der Waals surface area contributed by atoms with Crippen molar-refractivity contribution in [2.24, 2.45) is 4.99 Å². The molecule has 2 aromatic carbocycles. The maximum atomic E-state index is 5.95. The van der Waals surface area contributed by atoms with Crippen LogP contribution in [0, 0.1) is 0 Å². The van der Waals surface area contributed by atoms with Gasteiger partial charge in [-0.3, -0.25) is 0 Å². The summed E-state index contributed by atoms with van der Waals surface area (Å²) in [4.78, 5) is 9.33. The second kappa shape index (κ2) is 12.6. The molecule has 8 heteroatoms. The number of aromatic nitrogens is 2. The van der Waals surface area contributed by atoms with Crippen molar-refractivity contribution in [2.75, 3.05) is 13.2 Å². The van der Waals surface area contributed by atoms with Crippen molar-refractivity contribution in [2.45, 2.75) is 52.9 Å². The van der Waals surface area contributed by atoms with Gasteiger partial charge in [0.25, 0.3) is 0 Å². The second-order valence-electron chi connectivity index (χ2n) is 8.14. The maximum absolute atomic E-state index is 5.95. The second-order valence-corrected chi connectivity index (χ2v) is 8.14. The van der Waals surface area contributed by atoms with Gasteiger partial charge >= 0.3 is 0 Å². The first-order valence-corrected chi connectivity index (χ1v) is 11.7. The smallest absolute Gasteiger partial charge is 0.191 e. The van der Waals surface area contributed by atoms with Crippen LogP contribution in [0.2, 0.25) is 0 Å². The molecule has 1 unspecified atom stereocenters. The Labute approximate surface area is 219 Å². The van der Waals surface area contributed by atoms with Gasteiger partial charge in [-0.05, 0) is 38.5 Å². The van der Waals surface area contributed by atoms with Gasteiger partial charge in [0, 0.05) is 43.0 Å². The van der Waals surface area contributed by atoms with Crippen LogP contribution < -0.4 is 20.1 Å². The maximum Gasteiger partial charge on any atom is 0.191 e. The van der Waals surface area contributed by atoms with Crippen LogP contribution in [-0.2, 0) is 26.1 Å². The van der Waals surface area contributed by atoms with Gasteiger partial charge in [-0.2, -0.15) is 0 Å². The molecule has 1 aliphatic heterocycles. The van der Waals surface area contributed by atoms with Crippen LogP contribution in [0.3, 0.4) is 0 Å². The topological polar surface area (TPSA) is 72.7 Å². The highest BCUT2D eigenvalue weighted by molar-refractivity contribution is 14.0. The number of aliphatic imine (C=N–C) groups is 1. The first kappa shape index (κ1) is 25.9. The normalized spacial score (nSPS) is 14.7. The minimum absolute atomic E-state index is 0. The lowest BCUT2D eigenvalue weighted by Crippen LogP contribution is -2.37. The standard InChI is InChI=1S/C26H33N5O2.HI/c1-4-27-26(30-17-25-28-11-12-31(25)18-20-9-7-6-8-10-20)29-16-22-15-24-21(13-19(3)33-24)14-23(22)32-5-2;/h6-12,14-15,19H,4-5,13,16-18H2,1-3H3,(H2,27,29,30);1H. The predicted molar refractivity (Wildman–Crippen MR) is 146 cm³/mol. The number of nitrogens with one attached hydrogen (secondary N) is 2. The highest BCUT2D eigenvalue weighted by atomic mass is 127. The number of ether oxygens (including phenoxy) is 2. The van der Waals surface area contributed by atoms with Crippen molar-refractivity contribution in [3.63, 3.8) is 0 Å². The summed E-state index contributed by atoms with van der Waals surface area (Å²) >= 11 is 0. The fourth-order valence-electron chi connectivity index (χ4n) is 3.99. The first-order valence-electron chi connectivity index (χ1n) is 11.7. The number of guanidine groups is 1. The van der Waals surface area contributed by atoms with Crippen molar-refractivity contribution in [3.8, 4) is 11.5 Å². The van der Waals surface area contributed by atoms with Crippen molar-refractivity contribution in [1.29, 1.82) is 0 Å². The molecule has 2 N–H and O–H groups in total. The number of hydrogen-bond acceptors (Lipinski definition) is 4. The number of hydrogen-bond donors (Lipinski definition) is 2. The van der Waals surface area contributed by atoms with Gasteiger partial charge in [-0.1, -0.05) is 30.3 Å². The van der Waals surface area contributed by atoms with E-state index in [2.05, 4.69) is 70.4 Å². The molecule has 0 saturated carbocycles. The molecule has 1 atom stereocenters. The summed E-state index contributed by atoms with van der Waals surface area (Å²) in [5, 5.41) is 6.74. The van der Waals surface area contributed by atoms with E-state index in [9.17, 15) is 0 Å². The summed E-state index contributed by atoms with van der Waals surface area (Å²) in [6.45, 7) is 9.40. The van der Waals surface area contributed by atoms with E-state index in [0.717, 1.165) is 48.4 Å². The van der Waals surface area contributed by atoms with E-state index in [4.69, 9.17) is 14.5 Å². The van der Waals surface area contributed by atoms with Gasteiger partial charge in [-0.15, -0.1) is 24.0 Å². The summed E-state index contributed by atoms with van der Waals surface area (Å²) < 4.78 is 14.0. The van der Waals surface area contributed by atoms with Gasteiger partial charge in [0.05, 0.1) is 19.7 Å². The van der Waals surface area contributed by atoms with Crippen molar-refractivity contribution in [3.05, 3.63) is 77.4 Å². The van der Waals surface area contributed by atoms with Crippen LogP contribution in [0.4, 0.5) is 0 Å². The third kappa shape index (κ3) is 6.65. The zero-order valence-corrected chi connectivity index (χ0v) is 22.4. The molecule has 7 nitrogen and oxygen atoms in total. The molecule has 1 aliphatic rings. The van der Waals surface area contributed by atoms with E-state index in [1.165, 1.54) is 11.1 Å². The van der Waals surface area contributed by atoms with Gasteiger partial charge in [0.15, 0.2) is 5.96 Å². The van der Waals surface area contributed by atoms with Crippen LogP contribution in [0.25, 0.3) is 0 Å². The summed E-state index contributed by atoms with van der Waals surface area (Å²) in [7, 11) is 0. The van der Waals surface area contributed by atoms with Crippen molar-refractivity contribution < 1.29 is 9.47 Å². The molecule has 2 heterocycles. The van der Waals surface area contributed by atoms with E-state index in [1.807, 2.05) is 25.4 Å². The molecule has 0 radical (unpaired) electrons. The largest absolute Gasteiger partial charge is 0.494 e. The molecular weight excluding hydrogens is 541 g/mol. The summed E-state index contributed by atoms with van der Waals surface area (Å²) in [5.41, 5.74) is 3.47. The Morgan fingerprint density at radius 2 is 2.03 bits per heavy atom. The number of benzene rings is 2. The summed E-state index contributed by atoms with van der Waals surface area (Å²) in [6, 6.07) is 14.6. The Morgan fingerprint density at radius 3 is 2.79 bits per heavy atom. The molecule has 1 aromatic heterocycles. The van der Waals surface area contributed by atoms with Crippen LogP contribution in [0.15, 0.2) is 59.9 Å². The van der Waals surface area contributed by atoms with E-state index in [-0.39, 0.29) is 30.1 Å². The number of rotatable bonds is 9. The Balaban J connectivity index is 0.00000324. The lowest BCUT2D eigenvalue weighted by Gasteiger charge is -2.14. The molecule has 0 saturated heterocycles. The lowest BCUT2D eigenvalue weighted by atomic mass is 10.1. The van der Waals surface area contributed by atoms with Gasteiger partial charge in [0.1, 0.15) is 23.4 Å². The number of fused-ring (bicyclic) bond motifs is 1. The Morgan fingerprint density at radius 1 is 1.21 bits per heavy atom. The van der Waals surface area contributed by atoms with Crippen LogP contribution in [-0.4, -0.2) is 34.8 Å². The summed E-state index contributed by atoms with van der Waals surface area (Å²) in [5.74, 6) is 3.52. The molecule has 0 fully saturated rings. The average Bonchev–Trinajstić information content (AvgIpc) is 3.41. The van der Waals surface area contributed by atoms with Crippen LogP contribution in [0.1, 0.15) is 43.3 Å². The molecule has 0 amide bonds. The van der Waals surface area contributed by atoms with Gasteiger partial charge in [0.2, 0.25) is 0 Å². The van der Waals surface area contributed by atoms with Crippen molar-refractivity contribution >= 4 is 29.9 Å². The van der Waals surface area contributed by atoms with Crippen LogP contribution >= 0.6 is 24.0 Å². The Hall–Kier alpha value is -2.75. The van der Waals surface area contributed by atoms with Crippen molar-refractivity contribution in [1.82, 2.24) is 20.2 Å². The fourth-order valence-corrected chi connectivity index (χ4v) is 3.99. The van der Waals surface area contributed by atoms with E-state index < -0.39 is 0 Å². The highest BCUT2D eigenvalue weighted by Crippen LogP contribution is 2.35. The predicted octanol–water partition coefficient (Wildman–Crippen LogP) is 4.53. The molecule has 0 aliphatic carbocycles. The van der Waals surface area contributed by atoms with Crippen LogP contribution in [0.5, 0.6) is 11.5 Å². The molecule has 182 valence electrons. The van der Waals surface area contributed by atoms with E-state index in [0.29, 0.717) is 19.7 Å². The van der Waals surface area contributed by atoms with Gasteiger partial charge in [-0.25, -0.2) is 9.98 Å². The SMILES string of the molecule is CCNC(=NCc1cc2c(cc1OCC)CC(C)O2)NCc1nccn1Cc1ccccc1.I. The average molecular weight is 575 g/mol. The van der Waals surface area contributed by atoms with E-state index in [1.54, 1.807) is 0 Å². The minimum atomic E-state index is 0. The Bertz CT molecular complexity index is 1080. The highest BCUT2D eigenvalue weighted by Gasteiger charge is 2.21. The molecular formula is C26H34IN5O2. The monoisotopic (exact) mass is 575 g/mol. The fraction of sp³-hybridized carbons (Fsp3) is 0.385. The minimum Gasteiger partial charge on any atom is -0.494 e. The molecule has 3 aromatic rings. The molecule has 4 rings (SSSR count). The quantitative estimate of drug-likeness (QED) is 0.223. The lowest BCUT2D eigenvalue weighted by molar-refractivity contribution is 0.254. The van der Waals surface area contributed by atoms with Gasteiger partial charge < -0.3 is 24.7 Å². The third-order valence-electron chi connectivity index (χ3n) is 5.54. The number of halogens is 1. The molecule has 0 spiro atoms. The first-order chi connectivity index (χ1) is 16.2. The summed E-state index contributed by atoms with van der Waals surface area (Å²) in [6.07, 6.45) is 4.96. The van der Waals surface area contributed by atoms with E-state index >= 15 is 0 Å². The third-order valence-corrected chi connectivity index (χ3v) is 5.54. The number of imidazole rings is 1. The molecule has 34 heavy (non-hydrogen) atoms. The zero-order valence-electron chi connectivity index (χ0n) is 20.1.